The van der Waals surface area contributed by atoms with Crippen LogP contribution in [0.4, 0.5) is 0 Å². The monoisotopic (exact) mass is 238 g/mol. The Morgan fingerprint density at radius 2 is 2.29 bits per heavy atom. The molecule has 1 aromatic heterocycles. The predicted molar refractivity (Wildman–Crippen MR) is 57.4 cm³/mol. The first-order valence-electron chi connectivity index (χ1n) is 5.49. The average Bonchev–Trinajstić information content (AvgIpc) is 2.75. The number of hydrogen-bond acceptors (Lipinski definition) is 4. The molecule has 1 aliphatic heterocycles. The molecule has 0 aromatic carbocycles. The van der Waals surface area contributed by atoms with Gasteiger partial charge < -0.3 is 10.0 Å². The van der Waals surface area contributed by atoms with Crippen LogP contribution >= 0.6 is 0 Å². The Morgan fingerprint density at radius 3 is 2.88 bits per heavy atom. The molecule has 92 valence electrons. The molecule has 7 heteroatoms. The number of aliphatic carboxylic acids is 1. The first-order chi connectivity index (χ1) is 8.08. The van der Waals surface area contributed by atoms with Crippen molar-refractivity contribution in [1.82, 2.24) is 20.1 Å². The number of carbonyl (C=O) groups is 2. The number of aromatic amines is 1. The molecule has 0 bridgehead atoms. The van der Waals surface area contributed by atoms with E-state index in [-0.39, 0.29) is 18.3 Å². The van der Waals surface area contributed by atoms with E-state index < -0.39 is 11.9 Å². The number of likely N-dealkylation sites (tertiary alicyclic amines) is 1. The summed E-state index contributed by atoms with van der Waals surface area (Å²) in [4.78, 5) is 28.3. The number of rotatable bonds is 2. The van der Waals surface area contributed by atoms with E-state index in [1.54, 1.807) is 6.92 Å². The lowest BCUT2D eigenvalue weighted by molar-refractivity contribution is -0.143. The lowest BCUT2D eigenvalue weighted by atomic mass is 9.98. The minimum absolute atomic E-state index is 0.105. The molecule has 2 N–H and O–H groups in total. The highest BCUT2D eigenvalue weighted by molar-refractivity contribution is 5.90. The molecule has 0 aliphatic carbocycles. The highest BCUT2D eigenvalue weighted by Gasteiger charge is 2.29. The molecule has 2 heterocycles. The van der Waals surface area contributed by atoms with Crippen molar-refractivity contribution in [2.75, 3.05) is 13.1 Å². The van der Waals surface area contributed by atoms with Crippen LogP contribution in [-0.4, -0.2) is 50.2 Å². The van der Waals surface area contributed by atoms with Crippen LogP contribution in [0.1, 0.15) is 29.3 Å². The van der Waals surface area contributed by atoms with Crippen LogP contribution in [0.25, 0.3) is 0 Å². The van der Waals surface area contributed by atoms with Gasteiger partial charge in [0, 0.05) is 13.1 Å². The highest BCUT2D eigenvalue weighted by atomic mass is 16.4. The fourth-order valence-corrected chi connectivity index (χ4v) is 1.94. The van der Waals surface area contributed by atoms with Crippen LogP contribution in [-0.2, 0) is 4.79 Å². The van der Waals surface area contributed by atoms with Crippen LogP contribution in [0, 0.1) is 12.8 Å². The summed E-state index contributed by atoms with van der Waals surface area (Å²) in [7, 11) is 0. The van der Waals surface area contributed by atoms with Gasteiger partial charge in [0.1, 0.15) is 5.82 Å². The Labute approximate surface area is 97.8 Å². The molecule has 1 fully saturated rings. The summed E-state index contributed by atoms with van der Waals surface area (Å²) in [6, 6.07) is 0. The summed E-state index contributed by atoms with van der Waals surface area (Å²) >= 11 is 0. The van der Waals surface area contributed by atoms with E-state index in [1.165, 1.54) is 4.90 Å². The van der Waals surface area contributed by atoms with E-state index in [1.807, 2.05) is 0 Å². The second kappa shape index (κ2) is 4.52. The van der Waals surface area contributed by atoms with Gasteiger partial charge in [-0.05, 0) is 19.8 Å². The van der Waals surface area contributed by atoms with Gasteiger partial charge in [0.2, 0.25) is 5.82 Å². The molecule has 17 heavy (non-hydrogen) atoms. The minimum Gasteiger partial charge on any atom is -0.481 e. The second-order valence-electron chi connectivity index (χ2n) is 4.17. The van der Waals surface area contributed by atoms with E-state index in [2.05, 4.69) is 15.2 Å². The van der Waals surface area contributed by atoms with E-state index in [0.29, 0.717) is 25.2 Å². The Hall–Kier alpha value is -1.92. The first-order valence-corrected chi connectivity index (χ1v) is 5.49. The van der Waals surface area contributed by atoms with Gasteiger partial charge in [-0.25, -0.2) is 4.98 Å². The van der Waals surface area contributed by atoms with Crippen molar-refractivity contribution in [1.29, 1.82) is 0 Å². The molecule has 1 saturated heterocycles. The Bertz CT molecular complexity index is 443. The van der Waals surface area contributed by atoms with Crippen molar-refractivity contribution in [2.24, 2.45) is 5.92 Å². The maximum absolute atomic E-state index is 12.0. The third-order valence-corrected chi connectivity index (χ3v) is 2.85. The number of aryl methyl sites for hydroxylation is 1. The maximum Gasteiger partial charge on any atom is 0.308 e. The third-order valence-electron chi connectivity index (χ3n) is 2.85. The average molecular weight is 238 g/mol. The maximum atomic E-state index is 12.0. The molecule has 0 spiro atoms. The number of nitrogens with one attached hydrogen (secondary N) is 1. The van der Waals surface area contributed by atoms with Gasteiger partial charge >= 0.3 is 5.97 Å². The number of H-pyrrole nitrogens is 1. The molecule has 0 saturated carbocycles. The number of piperidine rings is 1. The number of hydrogen-bond donors (Lipinski definition) is 2. The lowest BCUT2D eigenvalue weighted by Gasteiger charge is -2.29. The zero-order chi connectivity index (χ0) is 12.4. The van der Waals surface area contributed by atoms with Gasteiger partial charge in [-0.15, -0.1) is 5.10 Å². The van der Waals surface area contributed by atoms with E-state index in [0.717, 1.165) is 0 Å². The van der Waals surface area contributed by atoms with Crippen molar-refractivity contribution < 1.29 is 14.7 Å². The van der Waals surface area contributed by atoms with Crippen molar-refractivity contribution in [3.05, 3.63) is 11.6 Å². The molecule has 1 unspecified atom stereocenters. The fraction of sp³-hybridized carbons (Fsp3) is 0.600. The van der Waals surface area contributed by atoms with Gasteiger partial charge in [0.25, 0.3) is 5.91 Å². The second-order valence-corrected chi connectivity index (χ2v) is 4.17. The summed E-state index contributed by atoms with van der Waals surface area (Å²) in [5, 5.41) is 15.3. The van der Waals surface area contributed by atoms with Crippen LogP contribution in [0.5, 0.6) is 0 Å². The zero-order valence-corrected chi connectivity index (χ0v) is 9.51. The Kier molecular flexibility index (Phi) is 3.08. The first kappa shape index (κ1) is 11.6. The molecule has 2 rings (SSSR count). The number of carbonyl (C=O) groups excluding carboxylic acids is 1. The van der Waals surface area contributed by atoms with Gasteiger partial charge in [0.05, 0.1) is 5.92 Å². The molecule has 1 amide bonds. The van der Waals surface area contributed by atoms with Gasteiger partial charge in [0.15, 0.2) is 0 Å². The SMILES string of the molecule is Cc1nc(C(=O)N2CCCC(C(=O)O)C2)n[nH]1. The molecule has 7 nitrogen and oxygen atoms in total. The molecule has 1 aromatic rings. The number of aromatic nitrogens is 3. The molecular weight excluding hydrogens is 224 g/mol. The van der Waals surface area contributed by atoms with Crippen molar-refractivity contribution in [3.63, 3.8) is 0 Å². The van der Waals surface area contributed by atoms with Gasteiger partial charge in [-0.3, -0.25) is 14.7 Å². The normalized spacial score (nSPS) is 20.3. The van der Waals surface area contributed by atoms with Crippen molar-refractivity contribution >= 4 is 11.9 Å². The highest BCUT2D eigenvalue weighted by Crippen LogP contribution is 2.17. The summed E-state index contributed by atoms with van der Waals surface area (Å²) in [6.45, 7) is 2.51. The number of nitrogens with zero attached hydrogens (tertiary/aromatic N) is 3. The van der Waals surface area contributed by atoms with Crippen molar-refractivity contribution in [3.8, 4) is 0 Å². The summed E-state index contributed by atoms with van der Waals surface area (Å²) in [5.41, 5.74) is 0. The third kappa shape index (κ3) is 2.43. The summed E-state index contributed by atoms with van der Waals surface area (Å²) in [5.74, 6) is -0.963. The number of carboxylic acids is 1. The smallest absolute Gasteiger partial charge is 0.308 e. The summed E-state index contributed by atoms with van der Waals surface area (Å²) in [6.07, 6.45) is 1.32. The molecular formula is C10H14N4O3. The van der Waals surface area contributed by atoms with Crippen LogP contribution in [0.15, 0.2) is 0 Å². The summed E-state index contributed by atoms with van der Waals surface area (Å²) < 4.78 is 0. The molecule has 0 radical (unpaired) electrons. The Morgan fingerprint density at radius 1 is 1.53 bits per heavy atom. The van der Waals surface area contributed by atoms with E-state index in [4.69, 9.17) is 5.11 Å². The minimum atomic E-state index is -0.853. The van der Waals surface area contributed by atoms with Crippen LogP contribution in [0.3, 0.4) is 0 Å². The Balaban J connectivity index is 2.07. The fourth-order valence-electron chi connectivity index (χ4n) is 1.94. The molecule has 1 atom stereocenters. The lowest BCUT2D eigenvalue weighted by Crippen LogP contribution is -2.42. The molecule has 1 aliphatic rings. The van der Waals surface area contributed by atoms with Crippen LogP contribution in [0.2, 0.25) is 0 Å². The van der Waals surface area contributed by atoms with E-state index in [9.17, 15) is 9.59 Å². The largest absolute Gasteiger partial charge is 0.481 e. The van der Waals surface area contributed by atoms with Crippen molar-refractivity contribution in [2.45, 2.75) is 19.8 Å². The number of carboxylic acid groups (broad SMARTS) is 1. The quantitative estimate of drug-likeness (QED) is 0.758. The van der Waals surface area contributed by atoms with Crippen LogP contribution < -0.4 is 0 Å². The topological polar surface area (TPSA) is 99.2 Å². The van der Waals surface area contributed by atoms with Gasteiger partial charge in [-0.1, -0.05) is 0 Å². The number of amides is 1. The standard InChI is InChI=1S/C10H14N4O3/c1-6-11-8(13-12-6)9(15)14-4-2-3-7(5-14)10(16)17/h7H,2-5H2,1H3,(H,16,17)(H,11,12,13). The predicted octanol–water partition coefficient (Wildman–Crippen LogP) is 0.0499. The van der Waals surface area contributed by atoms with E-state index >= 15 is 0 Å². The van der Waals surface area contributed by atoms with Gasteiger partial charge in [-0.2, -0.15) is 0 Å². The zero-order valence-electron chi connectivity index (χ0n) is 9.51.